The van der Waals surface area contributed by atoms with E-state index in [0.717, 1.165) is 24.7 Å². The molecule has 1 aromatic rings. The van der Waals surface area contributed by atoms with E-state index in [0.29, 0.717) is 6.54 Å². The first kappa shape index (κ1) is 15.2. The van der Waals surface area contributed by atoms with Gasteiger partial charge < -0.3 is 4.90 Å². The Balaban J connectivity index is 2.73. The first-order chi connectivity index (χ1) is 8.72. The smallest absolute Gasteiger partial charge is 0.225 e. The van der Waals surface area contributed by atoms with Gasteiger partial charge in [0.1, 0.15) is 0 Å². The van der Waals surface area contributed by atoms with Gasteiger partial charge in [-0.15, -0.1) is 0 Å². The van der Waals surface area contributed by atoms with Gasteiger partial charge in [0.2, 0.25) is 5.91 Å². The number of benzene rings is 1. The van der Waals surface area contributed by atoms with Crippen molar-refractivity contribution in [2.45, 2.75) is 33.2 Å². The summed E-state index contributed by atoms with van der Waals surface area (Å²) in [6.07, 6.45) is 1.84. The van der Waals surface area contributed by atoms with Gasteiger partial charge in [-0.1, -0.05) is 60.1 Å². The summed E-state index contributed by atoms with van der Waals surface area (Å²) in [7, 11) is 0. The van der Waals surface area contributed by atoms with E-state index in [1.165, 1.54) is 5.56 Å². The normalized spacial score (nSPS) is 10.7. The third kappa shape index (κ3) is 4.45. The van der Waals surface area contributed by atoms with Crippen molar-refractivity contribution in [3.63, 3.8) is 0 Å². The maximum atomic E-state index is 12.4. The highest BCUT2D eigenvalue weighted by molar-refractivity contribution is 9.09. The summed E-state index contributed by atoms with van der Waals surface area (Å²) < 4.78 is 0. The molecule has 3 heteroatoms. The van der Waals surface area contributed by atoms with E-state index in [4.69, 9.17) is 0 Å². The Bertz CT molecular complexity index is 349. The van der Waals surface area contributed by atoms with Crippen molar-refractivity contribution in [3.05, 3.63) is 35.9 Å². The molecule has 0 aliphatic carbocycles. The van der Waals surface area contributed by atoms with Gasteiger partial charge in [0.25, 0.3) is 0 Å². The molecule has 0 fully saturated rings. The molecule has 100 valence electrons. The molecule has 0 saturated heterocycles. The molecule has 1 rings (SSSR count). The second-order valence-electron chi connectivity index (χ2n) is 4.45. The fourth-order valence-corrected chi connectivity index (χ4v) is 2.50. The molecule has 0 aliphatic heterocycles. The lowest BCUT2D eigenvalue weighted by molar-refractivity contribution is -0.136. The standard InChI is InChI=1S/C15H22BrNO/c1-3-14(4-2)15(18)17(11-10-16)12-13-8-6-5-7-9-13/h5-9,14H,3-4,10-12H2,1-2H3. The van der Waals surface area contributed by atoms with Crippen LogP contribution < -0.4 is 0 Å². The van der Waals surface area contributed by atoms with Crippen LogP contribution in [0.1, 0.15) is 32.3 Å². The predicted octanol–water partition coefficient (Wildman–Crippen LogP) is 3.85. The van der Waals surface area contributed by atoms with Gasteiger partial charge in [0, 0.05) is 24.3 Å². The number of amides is 1. The molecule has 0 aliphatic rings. The zero-order valence-electron chi connectivity index (χ0n) is 11.2. The first-order valence-corrected chi connectivity index (χ1v) is 7.73. The molecule has 1 aromatic carbocycles. The van der Waals surface area contributed by atoms with E-state index in [-0.39, 0.29) is 11.8 Å². The van der Waals surface area contributed by atoms with Crippen LogP contribution in [0.15, 0.2) is 30.3 Å². The average molecular weight is 312 g/mol. The number of nitrogens with zero attached hydrogens (tertiary/aromatic N) is 1. The minimum Gasteiger partial charge on any atom is -0.337 e. The Morgan fingerprint density at radius 1 is 1.22 bits per heavy atom. The number of carbonyl (C=O) groups is 1. The lowest BCUT2D eigenvalue weighted by Gasteiger charge is -2.26. The van der Waals surface area contributed by atoms with Crippen LogP contribution in [0, 0.1) is 5.92 Å². The van der Waals surface area contributed by atoms with Crippen molar-refractivity contribution in [1.29, 1.82) is 0 Å². The number of hydrogen-bond acceptors (Lipinski definition) is 1. The van der Waals surface area contributed by atoms with Crippen molar-refractivity contribution < 1.29 is 4.79 Å². The quantitative estimate of drug-likeness (QED) is 0.700. The van der Waals surface area contributed by atoms with E-state index in [9.17, 15) is 4.79 Å². The second kappa shape index (κ2) is 8.30. The van der Waals surface area contributed by atoms with E-state index in [1.54, 1.807) is 0 Å². The molecule has 0 saturated carbocycles. The highest BCUT2D eigenvalue weighted by Crippen LogP contribution is 2.15. The Hall–Kier alpha value is -0.830. The van der Waals surface area contributed by atoms with Crippen LogP contribution in [-0.4, -0.2) is 22.7 Å². The highest BCUT2D eigenvalue weighted by Gasteiger charge is 2.20. The summed E-state index contributed by atoms with van der Waals surface area (Å²) in [5, 5.41) is 0.825. The first-order valence-electron chi connectivity index (χ1n) is 6.61. The second-order valence-corrected chi connectivity index (χ2v) is 5.24. The summed E-state index contributed by atoms with van der Waals surface area (Å²) in [4.78, 5) is 14.4. The molecule has 0 N–H and O–H groups in total. The van der Waals surface area contributed by atoms with Gasteiger partial charge in [-0.25, -0.2) is 0 Å². The molecule has 0 spiro atoms. The number of carbonyl (C=O) groups excluding carboxylic acids is 1. The van der Waals surface area contributed by atoms with Gasteiger partial charge in [-0.05, 0) is 18.4 Å². The topological polar surface area (TPSA) is 20.3 Å². The highest BCUT2D eigenvalue weighted by atomic mass is 79.9. The van der Waals surface area contributed by atoms with Gasteiger partial charge >= 0.3 is 0 Å². The molecular formula is C15H22BrNO. The largest absolute Gasteiger partial charge is 0.337 e. The van der Waals surface area contributed by atoms with E-state index >= 15 is 0 Å². The van der Waals surface area contributed by atoms with Crippen molar-refractivity contribution in [2.24, 2.45) is 5.92 Å². The molecule has 0 heterocycles. The number of halogens is 1. The summed E-state index contributed by atoms with van der Waals surface area (Å²) in [5.41, 5.74) is 1.19. The SMILES string of the molecule is CCC(CC)C(=O)N(CCBr)Cc1ccccc1. The maximum Gasteiger partial charge on any atom is 0.225 e. The van der Waals surface area contributed by atoms with Crippen LogP contribution in [-0.2, 0) is 11.3 Å². The minimum absolute atomic E-state index is 0.160. The van der Waals surface area contributed by atoms with E-state index in [2.05, 4.69) is 41.9 Å². The number of hydrogen-bond donors (Lipinski definition) is 0. The van der Waals surface area contributed by atoms with Crippen molar-refractivity contribution in [1.82, 2.24) is 4.90 Å². The molecule has 0 bridgehead atoms. The molecule has 0 unspecified atom stereocenters. The zero-order chi connectivity index (χ0) is 13.4. The van der Waals surface area contributed by atoms with E-state index in [1.807, 2.05) is 23.1 Å². The monoisotopic (exact) mass is 311 g/mol. The third-order valence-electron chi connectivity index (χ3n) is 3.22. The fourth-order valence-electron chi connectivity index (χ4n) is 2.07. The van der Waals surface area contributed by atoms with Crippen molar-refractivity contribution in [2.75, 3.05) is 11.9 Å². The van der Waals surface area contributed by atoms with Crippen LogP contribution in [0.5, 0.6) is 0 Å². The van der Waals surface area contributed by atoms with Crippen molar-refractivity contribution >= 4 is 21.8 Å². The average Bonchev–Trinajstić information content (AvgIpc) is 2.40. The van der Waals surface area contributed by atoms with Gasteiger partial charge in [0.15, 0.2) is 0 Å². The predicted molar refractivity (Wildman–Crippen MR) is 79.7 cm³/mol. The lowest BCUT2D eigenvalue weighted by atomic mass is 10.0. The van der Waals surface area contributed by atoms with Crippen LogP contribution in [0.3, 0.4) is 0 Å². The Morgan fingerprint density at radius 3 is 2.33 bits per heavy atom. The van der Waals surface area contributed by atoms with E-state index < -0.39 is 0 Å². The molecule has 0 radical (unpaired) electrons. The van der Waals surface area contributed by atoms with Crippen LogP contribution in [0.4, 0.5) is 0 Å². The number of alkyl halides is 1. The summed E-state index contributed by atoms with van der Waals surface area (Å²) in [6, 6.07) is 10.2. The molecule has 0 atom stereocenters. The van der Waals surface area contributed by atoms with Gasteiger partial charge in [-0.3, -0.25) is 4.79 Å². The summed E-state index contributed by atoms with van der Waals surface area (Å²) in [6.45, 7) is 5.65. The Morgan fingerprint density at radius 2 is 1.83 bits per heavy atom. The lowest BCUT2D eigenvalue weighted by Crippen LogP contribution is -2.36. The van der Waals surface area contributed by atoms with Gasteiger partial charge in [0.05, 0.1) is 0 Å². The van der Waals surface area contributed by atoms with Crippen LogP contribution in [0.2, 0.25) is 0 Å². The Labute approximate surface area is 119 Å². The zero-order valence-corrected chi connectivity index (χ0v) is 12.8. The maximum absolute atomic E-state index is 12.4. The number of rotatable bonds is 7. The summed E-state index contributed by atoms with van der Waals surface area (Å²) in [5.74, 6) is 0.441. The molecular weight excluding hydrogens is 290 g/mol. The summed E-state index contributed by atoms with van der Waals surface area (Å²) >= 11 is 3.43. The molecule has 2 nitrogen and oxygen atoms in total. The third-order valence-corrected chi connectivity index (χ3v) is 3.57. The van der Waals surface area contributed by atoms with Gasteiger partial charge in [-0.2, -0.15) is 0 Å². The molecule has 18 heavy (non-hydrogen) atoms. The van der Waals surface area contributed by atoms with Crippen molar-refractivity contribution in [3.8, 4) is 0 Å². The Kier molecular flexibility index (Phi) is 7.02. The fraction of sp³-hybridized carbons (Fsp3) is 0.533. The van der Waals surface area contributed by atoms with Crippen LogP contribution in [0.25, 0.3) is 0 Å². The minimum atomic E-state index is 0.160. The van der Waals surface area contributed by atoms with Crippen LogP contribution >= 0.6 is 15.9 Å². The molecule has 0 aromatic heterocycles. The molecule has 1 amide bonds.